The van der Waals surface area contributed by atoms with Gasteiger partial charge in [0.15, 0.2) is 0 Å². The highest BCUT2D eigenvalue weighted by Gasteiger charge is 2.21. The lowest BCUT2D eigenvalue weighted by Crippen LogP contribution is -2.28. The van der Waals surface area contributed by atoms with Crippen LogP contribution in [0.3, 0.4) is 0 Å². The minimum atomic E-state index is -0.489. The summed E-state index contributed by atoms with van der Waals surface area (Å²) in [6, 6.07) is 12.2. The highest BCUT2D eigenvalue weighted by molar-refractivity contribution is 6.00. The SMILES string of the molecule is Cc1ccccc1CN(C)C(=O)c1cc([N+](=O)[O-])ccc1N(C)C. The Morgan fingerprint density at radius 2 is 1.79 bits per heavy atom. The van der Waals surface area contributed by atoms with Gasteiger partial charge in [-0.15, -0.1) is 0 Å². The zero-order chi connectivity index (χ0) is 17.9. The van der Waals surface area contributed by atoms with E-state index in [1.54, 1.807) is 37.0 Å². The summed E-state index contributed by atoms with van der Waals surface area (Å²) in [6.45, 7) is 2.44. The van der Waals surface area contributed by atoms with Crippen LogP contribution in [0.15, 0.2) is 42.5 Å². The molecule has 6 nitrogen and oxygen atoms in total. The van der Waals surface area contributed by atoms with Gasteiger partial charge in [-0.05, 0) is 24.1 Å². The lowest BCUT2D eigenvalue weighted by Gasteiger charge is -2.22. The summed E-state index contributed by atoms with van der Waals surface area (Å²) in [5.41, 5.74) is 3.04. The van der Waals surface area contributed by atoms with Crippen LogP contribution < -0.4 is 4.90 Å². The standard InChI is InChI=1S/C18H21N3O3/c1-13-7-5-6-8-14(13)12-20(4)18(22)16-11-15(21(23)24)9-10-17(16)19(2)3/h5-11H,12H2,1-4H3. The van der Waals surface area contributed by atoms with Gasteiger partial charge in [0, 0.05) is 45.5 Å². The number of rotatable bonds is 5. The number of carbonyl (C=O) groups excluding carboxylic acids is 1. The Balaban J connectivity index is 2.35. The molecule has 126 valence electrons. The molecule has 0 N–H and O–H groups in total. The van der Waals surface area contributed by atoms with E-state index in [-0.39, 0.29) is 11.6 Å². The van der Waals surface area contributed by atoms with Crippen molar-refractivity contribution in [3.8, 4) is 0 Å². The van der Waals surface area contributed by atoms with Crippen LogP contribution in [0, 0.1) is 17.0 Å². The second-order valence-electron chi connectivity index (χ2n) is 5.94. The van der Waals surface area contributed by atoms with Gasteiger partial charge in [-0.3, -0.25) is 14.9 Å². The van der Waals surface area contributed by atoms with Crippen LogP contribution in [-0.2, 0) is 6.54 Å². The van der Waals surface area contributed by atoms with E-state index in [1.807, 2.05) is 31.2 Å². The van der Waals surface area contributed by atoms with Crippen molar-refractivity contribution in [1.29, 1.82) is 0 Å². The number of non-ortho nitro benzene ring substituents is 1. The summed E-state index contributed by atoms with van der Waals surface area (Å²) in [4.78, 5) is 26.7. The number of anilines is 1. The van der Waals surface area contributed by atoms with Crippen LogP contribution in [0.4, 0.5) is 11.4 Å². The molecular formula is C18H21N3O3. The molecule has 0 aliphatic rings. The molecule has 0 unspecified atom stereocenters. The first-order chi connectivity index (χ1) is 11.3. The lowest BCUT2D eigenvalue weighted by atomic mass is 10.1. The van der Waals surface area contributed by atoms with Gasteiger partial charge in [-0.1, -0.05) is 24.3 Å². The Bertz CT molecular complexity index is 772. The molecule has 2 aromatic carbocycles. The average Bonchev–Trinajstić information content (AvgIpc) is 2.55. The van der Waals surface area contributed by atoms with Gasteiger partial charge < -0.3 is 9.80 Å². The molecule has 0 radical (unpaired) electrons. The van der Waals surface area contributed by atoms with Gasteiger partial charge in [-0.2, -0.15) is 0 Å². The van der Waals surface area contributed by atoms with Crippen molar-refractivity contribution in [2.75, 3.05) is 26.0 Å². The zero-order valence-electron chi connectivity index (χ0n) is 14.3. The normalized spacial score (nSPS) is 10.3. The summed E-state index contributed by atoms with van der Waals surface area (Å²) in [5.74, 6) is -0.245. The van der Waals surface area contributed by atoms with E-state index in [9.17, 15) is 14.9 Å². The molecule has 24 heavy (non-hydrogen) atoms. The van der Waals surface area contributed by atoms with Crippen LogP contribution >= 0.6 is 0 Å². The number of carbonyl (C=O) groups is 1. The van der Waals surface area contributed by atoms with Crippen molar-refractivity contribution in [3.63, 3.8) is 0 Å². The Morgan fingerprint density at radius 3 is 2.38 bits per heavy atom. The summed E-state index contributed by atoms with van der Waals surface area (Å²) in [6.07, 6.45) is 0. The Morgan fingerprint density at radius 1 is 1.12 bits per heavy atom. The molecule has 0 saturated carbocycles. The fourth-order valence-corrected chi connectivity index (χ4v) is 2.52. The third-order valence-electron chi connectivity index (χ3n) is 3.92. The first-order valence-corrected chi connectivity index (χ1v) is 7.57. The molecule has 0 fully saturated rings. The van der Waals surface area contributed by atoms with E-state index < -0.39 is 4.92 Å². The van der Waals surface area contributed by atoms with Crippen LogP contribution in [-0.4, -0.2) is 36.9 Å². The zero-order valence-corrected chi connectivity index (χ0v) is 14.3. The number of benzene rings is 2. The maximum absolute atomic E-state index is 12.8. The third kappa shape index (κ3) is 3.71. The molecule has 0 bridgehead atoms. The quantitative estimate of drug-likeness (QED) is 0.624. The molecule has 0 saturated heterocycles. The molecule has 0 spiro atoms. The molecule has 2 aromatic rings. The van der Waals surface area contributed by atoms with Gasteiger partial charge in [0.1, 0.15) is 0 Å². The molecule has 6 heteroatoms. The molecule has 0 heterocycles. The van der Waals surface area contributed by atoms with E-state index >= 15 is 0 Å². The van der Waals surface area contributed by atoms with Crippen molar-refractivity contribution in [3.05, 3.63) is 69.3 Å². The predicted molar refractivity (Wildman–Crippen MR) is 94.4 cm³/mol. The molecular weight excluding hydrogens is 306 g/mol. The minimum Gasteiger partial charge on any atom is -0.377 e. The Hall–Kier alpha value is -2.89. The monoisotopic (exact) mass is 327 g/mol. The highest BCUT2D eigenvalue weighted by atomic mass is 16.6. The van der Waals surface area contributed by atoms with Crippen molar-refractivity contribution >= 4 is 17.3 Å². The van der Waals surface area contributed by atoms with Gasteiger partial charge in [0.25, 0.3) is 11.6 Å². The molecule has 2 rings (SSSR count). The summed E-state index contributed by atoms with van der Waals surface area (Å²) < 4.78 is 0. The summed E-state index contributed by atoms with van der Waals surface area (Å²) in [7, 11) is 5.31. The van der Waals surface area contributed by atoms with Crippen molar-refractivity contribution in [2.45, 2.75) is 13.5 Å². The number of nitrogens with zero attached hydrogens (tertiary/aromatic N) is 3. The largest absolute Gasteiger partial charge is 0.377 e. The number of aryl methyl sites for hydroxylation is 1. The topological polar surface area (TPSA) is 66.7 Å². The molecule has 1 amide bonds. The van der Waals surface area contributed by atoms with Crippen LogP contribution in [0.25, 0.3) is 0 Å². The lowest BCUT2D eigenvalue weighted by molar-refractivity contribution is -0.384. The highest BCUT2D eigenvalue weighted by Crippen LogP contribution is 2.26. The fourth-order valence-electron chi connectivity index (χ4n) is 2.52. The number of hydrogen-bond donors (Lipinski definition) is 0. The van der Waals surface area contributed by atoms with Crippen LogP contribution in [0.5, 0.6) is 0 Å². The van der Waals surface area contributed by atoms with Crippen molar-refractivity contribution < 1.29 is 9.72 Å². The number of nitro benzene ring substituents is 1. The van der Waals surface area contributed by atoms with Crippen LogP contribution in [0.2, 0.25) is 0 Å². The number of amides is 1. The van der Waals surface area contributed by atoms with Crippen LogP contribution in [0.1, 0.15) is 21.5 Å². The van der Waals surface area contributed by atoms with Gasteiger partial charge >= 0.3 is 0 Å². The third-order valence-corrected chi connectivity index (χ3v) is 3.92. The maximum atomic E-state index is 12.8. The molecule has 0 aromatic heterocycles. The number of nitro groups is 1. The van der Waals surface area contributed by atoms with E-state index in [0.717, 1.165) is 11.1 Å². The van der Waals surface area contributed by atoms with Crippen molar-refractivity contribution in [2.24, 2.45) is 0 Å². The van der Waals surface area contributed by atoms with E-state index in [0.29, 0.717) is 17.8 Å². The van der Waals surface area contributed by atoms with Gasteiger partial charge in [0.2, 0.25) is 0 Å². The average molecular weight is 327 g/mol. The number of hydrogen-bond acceptors (Lipinski definition) is 4. The van der Waals surface area contributed by atoms with Crippen molar-refractivity contribution in [1.82, 2.24) is 4.90 Å². The fraction of sp³-hybridized carbons (Fsp3) is 0.278. The maximum Gasteiger partial charge on any atom is 0.270 e. The summed E-state index contributed by atoms with van der Waals surface area (Å²) >= 11 is 0. The first-order valence-electron chi connectivity index (χ1n) is 7.57. The van der Waals surface area contributed by atoms with Gasteiger partial charge in [0.05, 0.1) is 10.5 Å². The Labute approximate surface area is 141 Å². The summed E-state index contributed by atoms with van der Waals surface area (Å²) in [5, 5.41) is 11.0. The molecule has 0 aliphatic carbocycles. The molecule has 0 atom stereocenters. The van der Waals surface area contributed by atoms with E-state index in [2.05, 4.69) is 0 Å². The van der Waals surface area contributed by atoms with E-state index in [4.69, 9.17) is 0 Å². The van der Waals surface area contributed by atoms with E-state index in [1.165, 1.54) is 12.1 Å². The predicted octanol–water partition coefficient (Wildman–Crippen LogP) is 3.24. The minimum absolute atomic E-state index is 0.0896. The Kier molecular flexibility index (Phi) is 5.18. The smallest absolute Gasteiger partial charge is 0.270 e. The molecule has 0 aliphatic heterocycles. The second-order valence-corrected chi connectivity index (χ2v) is 5.94. The first kappa shape index (κ1) is 17.5. The van der Waals surface area contributed by atoms with Gasteiger partial charge in [-0.25, -0.2) is 0 Å². The second kappa shape index (κ2) is 7.12.